The first kappa shape index (κ1) is 12.0. The Morgan fingerprint density at radius 3 is 2.33 bits per heavy atom. The van der Waals surface area contributed by atoms with Crippen LogP contribution in [0, 0.1) is 6.92 Å². The van der Waals surface area contributed by atoms with Crippen LogP contribution in [-0.4, -0.2) is 12.0 Å². The van der Waals surface area contributed by atoms with Gasteiger partial charge in [0, 0.05) is 5.56 Å². The number of benzene rings is 2. The number of carbonyl (C=O) groups is 1. The van der Waals surface area contributed by atoms with Gasteiger partial charge in [-0.15, -0.1) is 4.99 Å². The maximum Gasteiger partial charge on any atom is 0.287 e. The molecule has 0 saturated heterocycles. The summed E-state index contributed by atoms with van der Waals surface area (Å²) in [6, 6.07) is 15.0. The van der Waals surface area contributed by atoms with Gasteiger partial charge in [0.05, 0.1) is 0 Å². The molecule has 0 N–H and O–H groups in total. The van der Waals surface area contributed by atoms with Crippen molar-refractivity contribution in [3.8, 4) is 11.1 Å². The summed E-state index contributed by atoms with van der Waals surface area (Å²) in [5.74, 6) is -0.568. The molecule has 3 heteroatoms. The lowest BCUT2D eigenvalue weighted by atomic mass is 9.99. The number of hydrogen-bond donors (Lipinski definition) is 0. The minimum absolute atomic E-state index is 0.385. The predicted molar refractivity (Wildman–Crippen MR) is 69.1 cm³/mol. The van der Waals surface area contributed by atoms with Crippen molar-refractivity contribution in [3.05, 3.63) is 59.7 Å². The minimum atomic E-state index is -0.568. The van der Waals surface area contributed by atoms with E-state index in [1.165, 1.54) is 11.6 Å². The third-order valence-corrected chi connectivity index (χ3v) is 2.74. The lowest BCUT2D eigenvalue weighted by molar-refractivity contribution is 0.100. The fourth-order valence-electron chi connectivity index (χ4n) is 1.80. The maximum absolute atomic E-state index is 11.3. The highest BCUT2D eigenvalue weighted by Gasteiger charge is 2.05. The van der Waals surface area contributed by atoms with Crippen molar-refractivity contribution in [1.82, 2.24) is 0 Å². The average molecular weight is 237 g/mol. The van der Waals surface area contributed by atoms with Crippen LogP contribution in [0.1, 0.15) is 15.9 Å². The summed E-state index contributed by atoms with van der Waals surface area (Å²) in [7, 11) is 0. The molecular weight excluding hydrogens is 226 g/mol. The fourth-order valence-corrected chi connectivity index (χ4v) is 1.80. The first-order valence-corrected chi connectivity index (χ1v) is 5.50. The average Bonchev–Trinajstić information content (AvgIpc) is 2.40. The van der Waals surface area contributed by atoms with E-state index in [9.17, 15) is 9.59 Å². The van der Waals surface area contributed by atoms with Gasteiger partial charge in [-0.25, -0.2) is 4.79 Å². The Morgan fingerprint density at radius 2 is 1.72 bits per heavy atom. The van der Waals surface area contributed by atoms with Crippen LogP contribution < -0.4 is 0 Å². The van der Waals surface area contributed by atoms with Gasteiger partial charge >= 0.3 is 0 Å². The Kier molecular flexibility index (Phi) is 3.46. The van der Waals surface area contributed by atoms with Gasteiger partial charge < -0.3 is 0 Å². The summed E-state index contributed by atoms with van der Waals surface area (Å²) < 4.78 is 0. The maximum atomic E-state index is 11.3. The molecule has 2 aromatic carbocycles. The van der Waals surface area contributed by atoms with Gasteiger partial charge in [-0.1, -0.05) is 36.4 Å². The molecule has 0 bridgehead atoms. The molecule has 0 heterocycles. The van der Waals surface area contributed by atoms with Crippen LogP contribution in [0.3, 0.4) is 0 Å². The normalized spacial score (nSPS) is 9.61. The fraction of sp³-hybridized carbons (Fsp3) is 0.0667. The smallest absolute Gasteiger partial charge is 0.266 e. The molecule has 0 radical (unpaired) electrons. The molecule has 0 aliphatic rings. The number of aliphatic imine (C=N–C) groups is 1. The van der Waals surface area contributed by atoms with Crippen LogP contribution in [0.15, 0.2) is 53.5 Å². The van der Waals surface area contributed by atoms with E-state index >= 15 is 0 Å². The zero-order chi connectivity index (χ0) is 13.0. The molecule has 1 amide bonds. The van der Waals surface area contributed by atoms with Crippen LogP contribution >= 0.6 is 0 Å². The van der Waals surface area contributed by atoms with Crippen LogP contribution in [0.2, 0.25) is 0 Å². The molecular formula is C15H11NO2. The van der Waals surface area contributed by atoms with Crippen LogP contribution in [-0.2, 0) is 4.79 Å². The lowest BCUT2D eigenvalue weighted by Crippen LogP contribution is -1.93. The van der Waals surface area contributed by atoms with Crippen LogP contribution in [0.25, 0.3) is 11.1 Å². The Balaban J connectivity index is 2.36. The van der Waals surface area contributed by atoms with E-state index < -0.39 is 5.91 Å². The zero-order valence-electron chi connectivity index (χ0n) is 9.88. The molecule has 0 unspecified atom stereocenters. The van der Waals surface area contributed by atoms with Gasteiger partial charge in [0.2, 0.25) is 6.08 Å². The summed E-state index contributed by atoms with van der Waals surface area (Å²) in [6.45, 7) is 2.03. The summed E-state index contributed by atoms with van der Waals surface area (Å²) in [5, 5.41) is 0. The molecule has 88 valence electrons. The van der Waals surface area contributed by atoms with Crippen LogP contribution in [0.5, 0.6) is 0 Å². The van der Waals surface area contributed by atoms with E-state index in [0.717, 1.165) is 11.1 Å². The summed E-state index contributed by atoms with van der Waals surface area (Å²) >= 11 is 0. The number of isocyanates is 1. The Morgan fingerprint density at radius 1 is 1.06 bits per heavy atom. The Bertz CT molecular complexity index is 623. The highest BCUT2D eigenvalue weighted by molar-refractivity contribution is 5.97. The molecule has 2 aromatic rings. The second-order valence-corrected chi connectivity index (χ2v) is 3.90. The molecule has 0 fully saturated rings. The van der Waals surface area contributed by atoms with Gasteiger partial charge in [-0.3, -0.25) is 4.79 Å². The van der Waals surface area contributed by atoms with E-state index in [0.29, 0.717) is 5.56 Å². The molecule has 0 spiro atoms. The van der Waals surface area contributed by atoms with Gasteiger partial charge in [-0.2, -0.15) is 0 Å². The van der Waals surface area contributed by atoms with E-state index in [4.69, 9.17) is 0 Å². The van der Waals surface area contributed by atoms with E-state index in [-0.39, 0.29) is 0 Å². The highest BCUT2D eigenvalue weighted by atomic mass is 16.2. The standard InChI is InChI=1S/C15H11NO2/c1-11-4-2-3-5-14(11)12-6-8-13(9-7-12)15(18)16-10-17/h2-9H,1H3. The SMILES string of the molecule is Cc1ccccc1-c1ccc(C(=O)N=C=O)cc1. The van der Waals surface area contributed by atoms with Gasteiger partial charge in [0.1, 0.15) is 0 Å². The van der Waals surface area contributed by atoms with Crippen molar-refractivity contribution >= 4 is 12.0 Å². The largest absolute Gasteiger partial charge is 0.287 e. The first-order chi connectivity index (χ1) is 8.72. The Labute approximate surface area is 105 Å². The van der Waals surface area contributed by atoms with Gasteiger partial charge in [0.25, 0.3) is 5.91 Å². The topological polar surface area (TPSA) is 46.5 Å². The predicted octanol–water partition coefficient (Wildman–Crippen LogP) is 3.14. The monoisotopic (exact) mass is 237 g/mol. The van der Waals surface area contributed by atoms with Crippen molar-refractivity contribution in [2.24, 2.45) is 4.99 Å². The number of hydrogen-bond acceptors (Lipinski definition) is 2. The van der Waals surface area contributed by atoms with Crippen LogP contribution in [0.4, 0.5) is 0 Å². The van der Waals surface area contributed by atoms with Crippen molar-refractivity contribution < 1.29 is 9.59 Å². The molecule has 3 nitrogen and oxygen atoms in total. The minimum Gasteiger partial charge on any atom is -0.266 e. The number of nitrogens with zero attached hydrogens (tertiary/aromatic N) is 1. The van der Waals surface area contributed by atoms with Gasteiger partial charge in [-0.05, 0) is 35.7 Å². The van der Waals surface area contributed by atoms with E-state index in [2.05, 4.69) is 4.99 Å². The number of carbonyl (C=O) groups excluding carboxylic acids is 2. The molecule has 18 heavy (non-hydrogen) atoms. The molecule has 0 atom stereocenters. The number of rotatable bonds is 2. The zero-order valence-corrected chi connectivity index (χ0v) is 9.88. The highest BCUT2D eigenvalue weighted by Crippen LogP contribution is 2.23. The molecule has 0 saturated carbocycles. The first-order valence-electron chi connectivity index (χ1n) is 5.50. The third kappa shape index (κ3) is 2.42. The van der Waals surface area contributed by atoms with Crippen molar-refractivity contribution in [2.75, 3.05) is 0 Å². The number of aryl methyl sites for hydroxylation is 1. The summed E-state index contributed by atoms with van der Waals surface area (Å²) in [5.41, 5.74) is 3.70. The molecule has 0 aliphatic heterocycles. The van der Waals surface area contributed by atoms with E-state index in [1.807, 2.05) is 43.3 Å². The quantitative estimate of drug-likeness (QED) is 0.595. The van der Waals surface area contributed by atoms with Crippen molar-refractivity contribution in [3.63, 3.8) is 0 Å². The Hall–Kier alpha value is -2.51. The second kappa shape index (κ2) is 5.21. The lowest BCUT2D eigenvalue weighted by Gasteiger charge is -2.05. The molecule has 0 aliphatic carbocycles. The summed E-state index contributed by atoms with van der Waals surface area (Å²) in [6.07, 6.45) is 1.25. The second-order valence-electron chi connectivity index (χ2n) is 3.90. The van der Waals surface area contributed by atoms with E-state index in [1.54, 1.807) is 12.1 Å². The van der Waals surface area contributed by atoms with Crippen molar-refractivity contribution in [2.45, 2.75) is 6.92 Å². The molecule has 0 aromatic heterocycles. The van der Waals surface area contributed by atoms with Crippen molar-refractivity contribution in [1.29, 1.82) is 0 Å². The number of amides is 1. The summed E-state index contributed by atoms with van der Waals surface area (Å²) in [4.78, 5) is 24.4. The van der Waals surface area contributed by atoms with Gasteiger partial charge in [0.15, 0.2) is 0 Å². The third-order valence-electron chi connectivity index (χ3n) is 2.74. The molecule has 2 rings (SSSR count).